The maximum Gasteiger partial charge on any atom is 0.224 e. The second kappa shape index (κ2) is 9.36. The monoisotopic (exact) mass is 353 g/mol. The molecular weight excluding hydrogens is 333 g/mol. The van der Waals surface area contributed by atoms with E-state index in [0.29, 0.717) is 17.4 Å². The quantitative estimate of drug-likeness (QED) is 0.873. The summed E-state index contributed by atoms with van der Waals surface area (Å²) < 4.78 is 0. The zero-order valence-corrected chi connectivity index (χ0v) is 14.6. The van der Waals surface area contributed by atoms with Gasteiger partial charge in [-0.25, -0.2) is 0 Å². The molecule has 2 rings (SSSR count). The SMILES string of the molecule is CN(C)c1ccc(Cl)cc1NC(=O)CC1CCNC1.Cl.Cl. The fourth-order valence-corrected chi connectivity index (χ4v) is 2.52. The molecule has 1 aliphatic rings. The standard InChI is InChI=1S/C14H20ClN3O.2ClH/c1-18(2)13-4-3-11(15)8-12(13)17-14(19)7-10-5-6-16-9-10;;/h3-4,8,10,16H,5-7,9H2,1-2H3,(H,17,19);2*1H. The Kier molecular flexibility index (Phi) is 9.06. The van der Waals surface area contributed by atoms with Crippen LogP contribution in [0.4, 0.5) is 11.4 Å². The van der Waals surface area contributed by atoms with Gasteiger partial charge in [-0.15, -0.1) is 24.8 Å². The number of nitrogens with zero attached hydrogens (tertiary/aromatic N) is 1. The number of nitrogens with one attached hydrogen (secondary N) is 2. The van der Waals surface area contributed by atoms with Crippen LogP contribution in [-0.4, -0.2) is 33.1 Å². The number of benzene rings is 1. The minimum Gasteiger partial charge on any atom is -0.376 e. The number of carbonyl (C=O) groups excluding carboxylic acids is 1. The molecule has 1 atom stereocenters. The number of halogens is 3. The summed E-state index contributed by atoms with van der Waals surface area (Å²) in [7, 11) is 3.89. The maximum absolute atomic E-state index is 12.1. The van der Waals surface area contributed by atoms with Crippen molar-refractivity contribution in [2.45, 2.75) is 12.8 Å². The van der Waals surface area contributed by atoms with E-state index in [1.54, 1.807) is 6.07 Å². The summed E-state index contributed by atoms with van der Waals surface area (Å²) in [4.78, 5) is 14.0. The number of rotatable bonds is 4. The van der Waals surface area contributed by atoms with Gasteiger partial charge in [0.1, 0.15) is 0 Å². The van der Waals surface area contributed by atoms with E-state index < -0.39 is 0 Å². The highest BCUT2D eigenvalue weighted by Crippen LogP contribution is 2.28. The van der Waals surface area contributed by atoms with Crippen LogP contribution in [0.1, 0.15) is 12.8 Å². The van der Waals surface area contributed by atoms with E-state index in [9.17, 15) is 4.79 Å². The van der Waals surface area contributed by atoms with Crippen LogP contribution in [0.2, 0.25) is 5.02 Å². The third kappa shape index (κ3) is 5.91. The molecule has 1 amide bonds. The predicted molar refractivity (Wildman–Crippen MR) is 94.5 cm³/mol. The van der Waals surface area contributed by atoms with Gasteiger partial charge in [-0.3, -0.25) is 4.79 Å². The zero-order valence-electron chi connectivity index (χ0n) is 12.2. The summed E-state index contributed by atoms with van der Waals surface area (Å²) in [5, 5.41) is 6.87. The van der Waals surface area contributed by atoms with E-state index in [1.165, 1.54) is 0 Å². The highest BCUT2D eigenvalue weighted by molar-refractivity contribution is 6.31. The Morgan fingerprint density at radius 3 is 2.71 bits per heavy atom. The average molecular weight is 355 g/mol. The van der Waals surface area contributed by atoms with Crippen LogP contribution >= 0.6 is 36.4 Å². The first-order valence-electron chi connectivity index (χ1n) is 6.53. The molecule has 0 bridgehead atoms. The van der Waals surface area contributed by atoms with E-state index in [0.717, 1.165) is 30.9 Å². The molecule has 0 radical (unpaired) electrons. The van der Waals surface area contributed by atoms with Gasteiger partial charge in [0.15, 0.2) is 0 Å². The van der Waals surface area contributed by atoms with Gasteiger partial charge in [-0.05, 0) is 43.6 Å². The van der Waals surface area contributed by atoms with E-state index >= 15 is 0 Å². The van der Waals surface area contributed by atoms with Crippen molar-refractivity contribution in [3.05, 3.63) is 23.2 Å². The number of anilines is 2. The molecule has 120 valence electrons. The number of carbonyl (C=O) groups is 1. The van der Waals surface area contributed by atoms with Crippen LogP contribution in [-0.2, 0) is 4.79 Å². The van der Waals surface area contributed by atoms with Gasteiger partial charge in [0.2, 0.25) is 5.91 Å². The topological polar surface area (TPSA) is 44.4 Å². The van der Waals surface area contributed by atoms with Crippen LogP contribution in [0.5, 0.6) is 0 Å². The Morgan fingerprint density at radius 1 is 1.43 bits per heavy atom. The summed E-state index contributed by atoms with van der Waals surface area (Å²) >= 11 is 6.00. The molecule has 2 N–H and O–H groups in total. The van der Waals surface area contributed by atoms with Crippen molar-refractivity contribution in [3.63, 3.8) is 0 Å². The Bertz CT molecular complexity index is 463. The van der Waals surface area contributed by atoms with Crippen molar-refractivity contribution in [1.29, 1.82) is 0 Å². The molecule has 1 heterocycles. The van der Waals surface area contributed by atoms with Crippen molar-refractivity contribution in [2.75, 3.05) is 37.4 Å². The van der Waals surface area contributed by atoms with Crippen LogP contribution in [0.15, 0.2) is 18.2 Å². The zero-order chi connectivity index (χ0) is 13.8. The minimum absolute atomic E-state index is 0. The number of hydrogen-bond acceptors (Lipinski definition) is 3. The van der Waals surface area contributed by atoms with Gasteiger partial charge in [-0.1, -0.05) is 11.6 Å². The number of amides is 1. The van der Waals surface area contributed by atoms with Crippen molar-refractivity contribution < 1.29 is 4.79 Å². The Morgan fingerprint density at radius 2 is 2.14 bits per heavy atom. The van der Waals surface area contributed by atoms with Crippen LogP contribution < -0.4 is 15.5 Å². The molecule has 0 spiro atoms. The van der Waals surface area contributed by atoms with Gasteiger partial charge in [0.25, 0.3) is 0 Å². The molecule has 1 fully saturated rings. The predicted octanol–water partition coefficient (Wildman–Crippen LogP) is 3.19. The molecule has 1 aromatic rings. The van der Waals surface area contributed by atoms with Crippen molar-refractivity contribution in [1.82, 2.24) is 5.32 Å². The molecule has 21 heavy (non-hydrogen) atoms. The van der Waals surface area contributed by atoms with Crippen LogP contribution in [0, 0.1) is 5.92 Å². The van der Waals surface area contributed by atoms with Crippen molar-refractivity contribution in [2.24, 2.45) is 5.92 Å². The van der Waals surface area contributed by atoms with Crippen molar-refractivity contribution >= 4 is 53.7 Å². The van der Waals surface area contributed by atoms with E-state index in [1.807, 2.05) is 31.1 Å². The van der Waals surface area contributed by atoms with Gasteiger partial charge in [0, 0.05) is 25.5 Å². The average Bonchev–Trinajstić information content (AvgIpc) is 2.81. The molecule has 1 unspecified atom stereocenters. The molecule has 0 aromatic heterocycles. The summed E-state index contributed by atoms with van der Waals surface area (Å²) in [6.07, 6.45) is 1.63. The highest BCUT2D eigenvalue weighted by Gasteiger charge is 2.18. The Hall–Kier alpha value is -0.680. The molecule has 1 aromatic carbocycles. The normalized spacial score (nSPS) is 16.6. The first-order valence-corrected chi connectivity index (χ1v) is 6.91. The Balaban J connectivity index is 0.00000200. The smallest absolute Gasteiger partial charge is 0.224 e. The van der Waals surface area contributed by atoms with E-state index in [2.05, 4.69) is 10.6 Å². The lowest BCUT2D eigenvalue weighted by molar-refractivity contribution is -0.116. The number of hydrogen-bond donors (Lipinski definition) is 2. The van der Waals surface area contributed by atoms with E-state index in [-0.39, 0.29) is 30.7 Å². The van der Waals surface area contributed by atoms with E-state index in [4.69, 9.17) is 11.6 Å². The third-order valence-electron chi connectivity index (χ3n) is 3.35. The highest BCUT2D eigenvalue weighted by atomic mass is 35.5. The van der Waals surface area contributed by atoms with Crippen LogP contribution in [0.25, 0.3) is 0 Å². The molecule has 7 heteroatoms. The van der Waals surface area contributed by atoms with Crippen molar-refractivity contribution in [3.8, 4) is 0 Å². The fraction of sp³-hybridized carbons (Fsp3) is 0.500. The lowest BCUT2D eigenvalue weighted by Crippen LogP contribution is -2.20. The fourth-order valence-electron chi connectivity index (χ4n) is 2.35. The molecule has 1 aliphatic heterocycles. The van der Waals surface area contributed by atoms with Gasteiger partial charge < -0.3 is 15.5 Å². The maximum atomic E-state index is 12.1. The molecule has 0 saturated carbocycles. The summed E-state index contributed by atoms with van der Waals surface area (Å²) in [5.41, 5.74) is 1.73. The van der Waals surface area contributed by atoms with Gasteiger partial charge >= 0.3 is 0 Å². The lowest BCUT2D eigenvalue weighted by Gasteiger charge is -2.18. The first kappa shape index (κ1) is 20.3. The van der Waals surface area contributed by atoms with Gasteiger partial charge in [0.05, 0.1) is 11.4 Å². The first-order chi connectivity index (χ1) is 9.06. The second-order valence-corrected chi connectivity index (χ2v) is 5.60. The Labute approximate surface area is 143 Å². The minimum atomic E-state index is 0. The van der Waals surface area contributed by atoms with Crippen LogP contribution in [0.3, 0.4) is 0 Å². The molecule has 0 aliphatic carbocycles. The summed E-state index contributed by atoms with van der Waals surface area (Å²) in [6.45, 7) is 1.95. The lowest BCUT2D eigenvalue weighted by atomic mass is 10.0. The summed E-state index contributed by atoms with van der Waals surface area (Å²) in [5.74, 6) is 0.501. The van der Waals surface area contributed by atoms with Gasteiger partial charge in [-0.2, -0.15) is 0 Å². The summed E-state index contributed by atoms with van der Waals surface area (Å²) in [6, 6.07) is 5.53. The largest absolute Gasteiger partial charge is 0.376 e. The molecule has 1 saturated heterocycles. The second-order valence-electron chi connectivity index (χ2n) is 5.17. The third-order valence-corrected chi connectivity index (χ3v) is 3.59. The molecular formula is C14H22Cl3N3O. The molecule has 4 nitrogen and oxygen atoms in total.